The molecule has 0 aliphatic heterocycles. The van der Waals surface area contributed by atoms with Crippen LogP contribution in [-0.2, 0) is 6.42 Å². The first-order valence-electron chi connectivity index (χ1n) is 8.88. The Bertz CT molecular complexity index is 268. The number of hydrogen-bond donors (Lipinski definition) is 0. The van der Waals surface area contributed by atoms with Crippen molar-refractivity contribution in [3.63, 3.8) is 0 Å². The molecule has 0 bridgehead atoms. The fourth-order valence-corrected chi connectivity index (χ4v) is 2.40. The molecule has 1 radical (unpaired) electrons. The summed E-state index contributed by atoms with van der Waals surface area (Å²) in [5.41, 5.74) is 3.47. The van der Waals surface area contributed by atoms with E-state index < -0.39 is 0 Å². The molecule has 20 heavy (non-hydrogen) atoms. The van der Waals surface area contributed by atoms with Crippen molar-refractivity contribution in [3.8, 4) is 0 Å². The number of aryl methyl sites for hydroxylation is 1. The molecule has 0 atom stereocenters. The van der Waals surface area contributed by atoms with E-state index in [0.717, 1.165) is 0 Å². The van der Waals surface area contributed by atoms with Gasteiger partial charge in [-0.1, -0.05) is 89.0 Å². The molecule has 1 aromatic carbocycles. The molecular weight excluding hydrogens is 235 g/mol. The van der Waals surface area contributed by atoms with Crippen LogP contribution in [-0.4, -0.2) is 17.7 Å². The van der Waals surface area contributed by atoms with Crippen molar-refractivity contribution < 1.29 is 0 Å². The normalized spacial score (nSPS) is 10.0. The Balaban J connectivity index is 0.00000172. The molecule has 0 nitrogen and oxygen atoms in total. The van der Waals surface area contributed by atoms with Crippen LogP contribution >= 0.6 is 0 Å². The minimum absolute atomic E-state index is 1.24. The van der Waals surface area contributed by atoms with Gasteiger partial charge in [-0.2, -0.15) is 0 Å². The molecule has 1 heteroatoms. The van der Waals surface area contributed by atoms with Crippen molar-refractivity contribution in [3.05, 3.63) is 35.9 Å². The first-order chi connectivity index (χ1) is 9.93. The molecule has 0 amide bonds. The molecule has 0 aliphatic rings. The fourth-order valence-electron chi connectivity index (χ4n) is 2.40. The second-order valence-corrected chi connectivity index (χ2v) is 5.34. The summed E-state index contributed by atoms with van der Waals surface area (Å²) in [6, 6.07) is 11.5. The Labute approximate surface area is 137 Å². The molecule has 0 aromatic heterocycles. The van der Waals surface area contributed by atoms with Crippen LogP contribution in [0.25, 0.3) is 0 Å². The molecular formula is C19H32Li. The van der Waals surface area contributed by atoms with Crippen molar-refractivity contribution in [1.82, 2.24) is 0 Å². The molecule has 1 aromatic rings. The van der Waals surface area contributed by atoms with Crippen LogP contribution in [0, 0.1) is 6.07 Å². The van der Waals surface area contributed by atoms with Crippen LogP contribution in [0.1, 0.15) is 76.7 Å². The van der Waals surface area contributed by atoms with Gasteiger partial charge in [0.1, 0.15) is 0 Å². The van der Waals surface area contributed by atoms with Crippen molar-refractivity contribution in [2.24, 2.45) is 0 Å². The third-order valence-electron chi connectivity index (χ3n) is 3.61. The first-order valence-corrected chi connectivity index (χ1v) is 8.88. The first kappa shape index (κ1) is 19.8. The van der Waals surface area contributed by atoms with Crippen LogP contribution in [0.2, 0.25) is 5.60 Å². The third-order valence-corrected chi connectivity index (χ3v) is 3.61. The van der Waals surface area contributed by atoms with E-state index in [1.807, 2.05) is 35.4 Å². The Morgan fingerprint density at radius 1 is 0.750 bits per heavy atom. The SMILES string of the molecule is CCCCCCCCCCCCc1cc[c]cc1.[Li][CH3]. The van der Waals surface area contributed by atoms with E-state index in [9.17, 15) is 0 Å². The summed E-state index contributed by atoms with van der Waals surface area (Å²) >= 11 is 2.00. The third kappa shape index (κ3) is 12.8. The number of unbranched alkanes of at least 4 members (excludes halogenated alkanes) is 9. The predicted octanol–water partition coefficient (Wildman–Crippen LogP) is 6.15. The summed E-state index contributed by atoms with van der Waals surface area (Å²) in [7, 11) is 0. The maximum absolute atomic E-state index is 3.07. The van der Waals surface area contributed by atoms with Gasteiger partial charge >= 0.3 is 23.3 Å². The van der Waals surface area contributed by atoms with Crippen molar-refractivity contribution in [1.29, 1.82) is 0 Å². The van der Waals surface area contributed by atoms with Gasteiger partial charge < -0.3 is 0 Å². The summed E-state index contributed by atoms with van der Waals surface area (Å²) in [5, 5.41) is 0. The molecule has 0 N–H and O–H groups in total. The van der Waals surface area contributed by atoms with Gasteiger partial charge in [-0.3, -0.25) is 0 Å². The molecule has 0 aliphatic carbocycles. The minimum atomic E-state index is 1.24. The van der Waals surface area contributed by atoms with Crippen LogP contribution in [0.15, 0.2) is 24.3 Å². The van der Waals surface area contributed by atoms with Crippen LogP contribution in [0.5, 0.6) is 0 Å². The van der Waals surface area contributed by atoms with E-state index in [0.29, 0.717) is 0 Å². The van der Waals surface area contributed by atoms with Gasteiger partial charge in [-0.05, 0) is 24.5 Å². The summed E-state index contributed by atoms with van der Waals surface area (Å²) < 4.78 is 0. The second kappa shape index (κ2) is 16.9. The Morgan fingerprint density at radius 2 is 1.20 bits per heavy atom. The fraction of sp³-hybridized carbons (Fsp3) is 0.684. The Hall–Kier alpha value is -0.183. The Kier molecular flexibility index (Phi) is 16.7. The van der Waals surface area contributed by atoms with Gasteiger partial charge in [0.2, 0.25) is 0 Å². The molecule has 0 saturated heterocycles. The summed E-state index contributed by atoms with van der Waals surface area (Å²) in [6.07, 6.45) is 15.4. The molecule has 0 heterocycles. The molecule has 0 fully saturated rings. The van der Waals surface area contributed by atoms with Gasteiger partial charge in [0.15, 0.2) is 0 Å². The van der Waals surface area contributed by atoms with Gasteiger partial charge in [-0.15, -0.1) is 0 Å². The summed E-state index contributed by atoms with van der Waals surface area (Å²) in [5.74, 6) is 0. The Morgan fingerprint density at radius 3 is 1.70 bits per heavy atom. The van der Waals surface area contributed by atoms with Crippen molar-refractivity contribution >= 4 is 17.7 Å². The monoisotopic (exact) mass is 267 g/mol. The molecule has 0 spiro atoms. The van der Waals surface area contributed by atoms with Gasteiger partial charge in [0.25, 0.3) is 0 Å². The van der Waals surface area contributed by atoms with E-state index in [-0.39, 0.29) is 0 Å². The van der Waals surface area contributed by atoms with Crippen LogP contribution in [0.4, 0.5) is 0 Å². The average molecular weight is 267 g/mol. The maximum atomic E-state index is 3.07. The van der Waals surface area contributed by atoms with E-state index in [1.165, 1.54) is 76.2 Å². The van der Waals surface area contributed by atoms with Crippen molar-refractivity contribution in [2.75, 3.05) is 0 Å². The predicted molar refractivity (Wildman–Crippen MR) is 92.4 cm³/mol. The van der Waals surface area contributed by atoms with E-state index in [2.05, 4.69) is 25.1 Å². The average Bonchev–Trinajstić information content (AvgIpc) is 2.52. The topological polar surface area (TPSA) is 0 Å². The zero-order valence-corrected chi connectivity index (χ0v) is 14.1. The molecule has 109 valence electrons. The molecule has 1 rings (SSSR count). The number of hydrogen-bond acceptors (Lipinski definition) is 0. The molecule has 0 saturated carbocycles. The van der Waals surface area contributed by atoms with E-state index in [1.54, 1.807) is 0 Å². The van der Waals surface area contributed by atoms with Gasteiger partial charge in [0.05, 0.1) is 0 Å². The second-order valence-electron chi connectivity index (χ2n) is 5.34. The molecule has 0 unspecified atom stereocenters. The zero-order valence-electron chi connectivity index (χ0n) is 14.1. The zero-order chi connectivity index (χ0) is 14.9. The number of benzene rings is 1. The summed E-state index contributed by atoms with van der Waals surface area (Å²) in [4.78, 5) is 0. The van der Waals surface area contributed by atoms with Gasteiger partial charge in [-0.25, -0.2) is 0 Å². The van der Waals surface area contributed by atoms with Crippen molar-refractivity contribution in [2.45, 2.75) is 83.1 Å². The van der Waals surface area contributed by atoms with E-state index in [4.69, 9.17) is 0 Å². The van der Waals surface area contributed by atoms with Gasteiger partial charge in [0, 0.05) is 0 Å². The van der Waals surface area contributed by atoms with Crippen LogP contribution < -0.4 is 0 Å². The van der Waals surface area contributed by atoms with E-state index >= 15 is 0 Å². The quantitative estimate of drug-likeness (QED) is 0.333. The summed E-state index contributed by atoms with van der Waals surface area (Å²) in [6.45, 7) is 2.28. The standard InChI is InChI=1S/C18H29.CH3.Li/c1-2-3-4-5-6-7-8-9-10-12-15-18-16-13-11-14-17-18;;/h13-14,16-17H,2-10,12,15H2,1H3;1H3;. The number of rotatable bonds is 11. The van der Waals surface area contributed by atoms with Crippen LogP contribution in [0.3, 0.4) is 0 Å².